The van der Waals surface area contributed by atoms with Crippen molar-refractivity contribution in [3.8, 4) is 22.6 Å². The molecule has 192 valence electrons. The number of aromatic amines is 1. The minimum atomic E-state index is -0.606. The molecule has 4 heterocycles. The maximum atomic E-state index is 13.6. The number of imidazole rings is 1. The Hall–Kier alpha value is -2.92. The van der Waals surface area contributed by atoms with Crippen LogP contribution in [0.5, 0.6) is 0 Å². The second kappa shape index (κ2) is 11.0. The van der Waals surface area contributed by atoms with Crippen molar-refractivity contribution >= 4 is 5.95 Å². The molecule has 2 aliphatic heterocycles. The Bertz CT molecular complexity index is 1140. The van der Waals surface area contributed by atoms with Crippen LogP contribution in [0.2, 0.25) is 0 Å². The first-order valence-corrected chi connectivity index (χ1v) is 12.4. The lowest BCUT2D eigenvalue weighted by Gasteiger charge is -2.33. The number of halogens is 1. The summed E-state index contributed by atoms with van der Waals surface area (Å²) >= 11 is 0. The van der Waals surface area contributed by atoms with Gasteiger partial charge < -0.3 is 24.5 Å². The van der Waals surface area contributed by atoms with Gasteiger partial charge in [-0.15, -0.1) is 0 Å². The van der Waals surface area contributed by atoms with Crippen LogP contribution in [-0.4, -0.2) is 77.4 Å². The van der Waals surface area contributed by atoms with E-state index in [1.807, 2.05) is 6.07 Å². The predicted molar refractivity (Wildman–Crippen MR) is 134 cm³/mol. The molecule has 0 spiro atoms. The van der Waals surface area contributed by atoms with E-state index in [9.17, 15) is 4.39 Å². The fraction of sp³-hybridized carbons (Fsp3) is 0.500. The van der Waals surface area contributed by atoms with Crippen LogP contribution in [0.25, 0.3) is 22.6 Å². The highest BCUT2D eigenvalue weighted by molar-refractivity contribution is 5.77. The van der Waals surface area contributed by atoms with Gasteiger partial charge in [0, 0.05) is 36.8 Å². The van der Waals surface area contributed by atoms with Gasteiger partial charge in [-0.05, 0) is 43.3 Å². The normalized spacial score (nSPS) is 18.9. The molecule has 0 aliphatic carbocycles. The Labute approximate surface area is 210 Å². The van der Waals surface area contributed by atoms with E-state index in [1.165, 1.54) is 12.1 Å². The fourth-order valence-corrected chi connectivity index (χ4v) is 4.27. The van der Waals surface area contributed by atoms with Crippen molar-refractivity contribution in [1.29, 1.82) is 0 Å². The van der Waals surface area contributed by atoms with Gasteiger partial charge in [-0.3, -0.25) is 4.90 Å². The SMILES string of the molecule is CC1(C)COC(c2nc(-c3ccc(F)cc3)c(-c3ccnc(NCCCN4CCOCC4)n3)[nH]2)OC1. The van der Waals surface area contributed by atoms with E-state index in [2.05, 4.69) is 34.0 Å². The molecular weight excluding hydrogens is 463 g/mol. The summed E-state index contributed by atoms with van der Waals surface area (Å²) in [6, 6.07) is 8.08. The highest BCUT2D eigenvalue weighted by atomic mass is 19.1. The molecule has 2 saturated heterocycles. The van der Waals surface area contributed by atoms with Crippen LogP contribution in [0.1, 0.15) is 32.4 Å². The van der Waals surface area contributed by atoms with Gasteiger partial charge in [-0.1, -0.05) is 13.8 Å². The predicted octanol–water partition coefficient (Wildman–Crippen LogP) is 3.88. The maximum Gasteiger partial charge on any atom is 0.223 e. The van der Waals surface area contributed by atoms with E-state index in [1.54, 1.807) is 18.3 Å². The zero-order chi connectivity index (χ0) is 25.0. The largest absolute Gasteiger partial charge is 0.379 e. The minimum absolute atomic E-state index is 0.0548. The maximum absolute atomic E-state index is 13.6. The van der Waals surface area contributed by atoms with Crippen molar-refractivity contribution in [3.63, 3.8) is 0 Å². The first-order chi connectivity index (χ1) is 17.5. The number of aromatic nitrogens is 4. The molecule has 2 aliphatic rings. The average molecular weight is 497 g/mol. The number of nitrogens with one attached hydrogen (secondary N) is 2. The van der Waals surface area contributed by atoms with Crippen LogP contribution in [0, 0.1) is 11.2 Å². The molecule has 9 nitrogen and oxygen atoms in total. The quantitative estimate of drug-likeness (QED) is 0.454. The zero-order valence-corrected chi connectivity index (χ0v) is 20.8. The molecule has 0 saturated carbocycles. The van der Waals surface area contributed by atoms with Gasteiger partial charge >= 0.3 is 0 Å². The number of hydrogen-bond donors (Lipinski definition) is 2. The Kier molecular flexibility index (Phi) is 7.56. The van der Waals surface area contributed by atoms with Gasteiger partial charge in [0.05, 0.1) is 43.5 Å². The summed E-state index contributed by atoms with van der Waals surface area (Å²) in [7, 11) is 0. The second-order valence-electron chi connectivity index (χ2n) is 9.97. The number of ether oxygens (including phenoxy) is 3. The van der Waals surface area contributed by atoms with E-state index in [0.717, 1.165) is 51.4 Å². The van der Waals surface area contributed by atoms with Gasteiger partial charge in [0.2, 0.25) is 12.2 Å². The fourth-order valence-electron chi connectivity index (χ4n) is 4.27. The third-order valence-electron chi connectivity index (χ3n) is 6.26. The Balaban J connectivity index is 1.34. The smallest absolute Gasteiger partial charge is 0.223 e. The van der Waals surface area contributed by atoms with Crippen LogP contribution in [0.15, 0.2) is 36.5 Å². The van der Waals surface area contributed by atoms with E-state index in [-0.39, 0.29) is 11.2 Å². The number of benzene rings is 1. The van der Waals surface area contributed by atoms with Gasteiger partial charge in [0.25, 0.3) is 0 Å². The molecule has 0 bridgehead atoms. The Morgan fingerprint density at radius 2 is 1.83 bits per heavy atom. The number of anilines is 1. The van der Waals surface area contributed by atoms with Gasteiger partial charge in [-0.25, -0.2) is 19.3 Å². The Morgan fingerprint density at radius 3 is 2.58 bits per heavy atom. The van der Waals surface area contributed by atoms with Crippen LogP contribution in [-0.2, 0) is 14.2 Å². The Morgan fingerprint density at radius 1 is 1.08 bits per heavy atom. The van der Waals surface area contributed by atoms with Gasteiger partial charge in [0.1, 0.15) is 5.82 Å². The summed E-state index contributed by atoms with van der Waals surface area (Å²) in [4.78, 5) is 19.7. The molecule has 0 amide bonds. The van der Waals surface area contributed by atoms with E-state index < -0.39 is 6.29 Å². The minimum Gasteiger partial charge on any atom is -0.379 e. The number of rotatable bonds is 8. The molecule has 0 unspecified atom stereocenters. The van der Waals surface area contributed by atoms with Crippen molar-refractivity contribution < 1.29 is 18.6 Å². The lowest BCUT2D eigenvalue weighted by Crippen LogP contribution is -2.37. The third-order valence-corrected chi connectivity index (χ3v) is 6.26. The number of H-pyrrole nitrogens is 1. The molecule has 3 aromatic rings. The third kappa shape index (κ3) is 6.07. The van der Waals surface area contributed by atoms with Crippen molar-refractivity contribution in [2.24, 2.45) is 5.41 Å². The molecule has 0 atom stereocenters. The summed E-state index contributed by atoms with van der Waals surface area (Å²) in [6.45, 7) is 10.6. The highest BCUT2D eigenvalue weighted by Crippen LogP contribution is 2.35. The topological polar surface area (TPSA) is 97.4 Å². The summed E-state index contributed by atoms with van der Waals surface area (Å²) in [5.74, 6) is 0.795. The molecule has 1 aromatic carbocycles. The number of morpholine rings is 1. The van der Waals surface area contributed by atoms with Crippen molar-refractivity contribution in [3.05, 3.63) is 48.2 Å². The molecular formula is C26H33FN6O3. The standard InChI is InChI=1S/C26H33FN6O3/c1-26(2)16-35-24(36-17-26)23-31-21(18-4-6-19(27)7-5-18)22(32-23)20-8-10-29-25(30-20)28-9-3-11-33-12-14-34-15-13-33/h4-8,10,24H,3,9,11-17H2,1-2H3,(H,31,32)(H,28,29,30). The van der Waals surface area contributed by atoms with Gasteiger partial charge in [0.15, 0.2) is 5.82 Å². The highest BCUT2D eigenvalue weighted by Gasteiger charge is 2.32. The van der Waals surface area contributed by atoms with Crippen LogP contribution in [0.3, 0.4) is 0 Å². The molecule has 2 N–H and O–H groups in total. The summed E-state index contributed by atoms with van der Waals surface area (Å²) in [6.07, 6.45) is 2.10. The molecule has 5 rings (SSSR count). The second-order valence-corrected chi connectivity index (χ2v) is 9.97. The van der Waals surface area contributed by atoms with E-state index in [4.69, 9.17) is 24.2 Å². The van der Waals surface area contributed by atoms with Crippen molar-refractivity contribution in [2.45, 2.75) is 26.6 Å². The molecule has 36 heavy (non-hydrogen) atoms. The molecule has 10 heteroatoms. The number of hydrogen-bond acceptors (Lipinski definition) is 8. The monoisotopic (exact) mass is 496 g/mol. The van der Waals surface area contributed by atoms with E-state index in [0.29, 0.717) is 42.1 Å². The lowest BCUT2D eigenvalue weighted by atomic mass is 9.96. The first kappa shape index (κ1) is 24.8. The molecule has 2 aromatic heterocycles. The van der Waals surface area contributed by atoms with Crippen LogP contribution < -0.4 is 5.32 Å². The lowest BCUT2D eigenvalue weighted by molar-refractivity contribution is -0.229. The summed E-state index contributed by atoms with van der Waals surface area (Å²) in [5, 5.41) is 3.33. The van der Waals surface area contributed by atoms with Crippen LogP contribution >= 0.6 is 0 Å². The van der Waals surface area contributed by atoms with Crippen molar-refractivity contribution in [1.82, 2.24) is 24.8 Å². The zero-order valence-electron chi connectivity index (χ0n) is 20.8. The van der Waals surface area contributed by atoms with Crippen LogP contribution in [0.4, 0.5) is 10.3 Å². The van der Waals surface area contributed by atoms with Crippen molar-refractivity contribution in [2.75, 3.05) is 57.9 Å². The summed E-state index contributed by atoms with van der Waals surface area (Å²) in [5.41, 5.74) is 2.74. The summed E-state index contributed by atoms with van der Waals surface area (Å²) < 4.78 is 30.9. The first-order valence-electron chi connectivity index (χ1n) is 12.4. The molecule has 0 radical (unpaired) electrons. The molecule has 2 fully saturated rings. The van der Waals surface area contributed by atoms with Gasteiger partial charge in [-0.2, -0.15) is 0 Å². The average Bonchev–Trinajstić information content (AvgIpc) is 3.33. The number of nitrogens with zero attached hydrogens (tertiary/aromatic N) is 4. The van der Waals surface area contributed by atoms with E-state index >= 15 is 0 Å².